The number of carbonyl (C=O) groups excluding carboxylic acids is 1. The topological polar surface area (TPSA) is 67.2 Å². The standard InChI is InChI=1S/C9H14BN3O2/c1-9(2,15)7-6(4-13(3)12-7)8(14)11-5-10/h4,15H,5H2,1-3H3,(H,11,14). The molecule has 0 saturated heterocycles. The number of hydrogen-bond acceptors (Lipinski definition) is 3. The van der Waals surface area contributed by atoms with Crippen molar-refractivity contribution >= 4 is 13.8 Å². The van der Waals surface area contributed by atoms with Crippen molar-refractivity contribution < 1.29 is 9.90 Å². The van der Waals surface area contributed by atoms with E-state index >= 15 is 0 Å². The van der Waals surface area contributed by atoms with E-state index in [1.54, 1.807) is 27.1 Å². The van der Waals surface area contributed by atoms with Gasteiger partial charge < -0.3 is 10.4 Å². The zero-order chi connectivity index (χ0) is 11.6. The van der Waals surface area contributed by atoms with Crippen LogP contribution in [0.3, 0.4) is 0 Å². The summed E-state index contributed by atoms with van der Waals surface area (Å²) in [6.45, 7) is 3.16. The summed E-state index contributed by atoms with van der Waals surface area (Å²) in [4.78, 5) is 11.6. The van der Waals surface area contributed by atoms with Gasteiger partial charge in [0.1, 0.15) is 11.3 Å². The van der Waals surface area contributed by atoms with Crippen LogP contribution in [0.1, 0.15) is 29.9 Å². The smallest absolute Gasteiger partial charge is 0.254 e. The summed E-state index contributed by atoms with van der Waals surface area (Å²) >= 11 is 0. The van der Waals surface area contributed by atoms with E-state index in [9.17, 15) is 9.90 Å². The zero-order valence-corrected chi connectivity index (χ0v) is 9.11. The average Bonchev–Trinajstić information content (AvgIpc) is 2.47. The van der Waals surface area contributed by atoms with Gasteiger partial charge in [0.25, 0.3) is 5.91 Å². The van der Waals surface area contributed by atoms with Crippen LogP contribution in [0.15, 0.2) is 6.20 Å². The lowest BCUT2D eigenvalue weighted by molar-refractivity contribution is 0.0702. The van der Waals surface area contributed by atoms with E-state index in [-0.39, 0.29) is 12.4 Å². The third-order valence-electron chi connectivity index (χ3n) is 1.92. The predicted molar refractivity (Wildman–Crippen MR) is 56.5 cm³/mol. The summed E-state index contributed by atoms with van der Waals surface area (Å²) in [5.74, 6) is -0.331. The molecule has 0 aliphatic rings. The van der Waals surface area contributed by atoms with Crippen molar-refractivity contribution in [1.29, 1.82) is 0 Å². The van der Waals surface area contributed by atoms with Gasteiger partial charge in [0.15, 0.2) is 0 Å². The summed E-state index contributed by atoms with van der Waals surface area (Å²) in [6.07, 6.45) is 1.61. The lowest BCUT2D eigenvalue weighted by atomic mass is 10.0. The third-order valence-corrected chi connectivity index (χ3v) is 1.92. The first kappa shape index (κ1) is 11.8. The molecule has 0 spiro atoms. The second-order valence-electron chi connectivity index (χ2n) is 3.83. The minimum Gasteiger partial charge on any atom is -0.384 e. The monoisotopic (exact) mass is 207 g/mol. The Morgan fingerprint density at radius 2 is 2.33 bits per heavy atom. The van der Waals surface area contributed by atoms with E-state index in [2.05, 4.69) is 10.4 Å². The Kier molecular flexibility index (Phi) is 3.19. The average molecular weight is 207 g/mol. The number of rotatable bonds is 3. The molecule has 1 amide bonds. The molecule has 0 saturated carbocycles. The molecule has 0 unspecified atom stereocenters. The van der Waals surface area contributed by atoms with Crippen LogP contribution >= 0.6 is 0 Å². The number of hydrogen-bond donors (Lipinski definition) is 2. The van der Waals surface area contributed by atoms with Crippen molar-refractivity contribution in [3.63, 3.8) is 0 Å². The zero-order valence-electron chi connectivity index (χ0n) is 9.11. The second kappa shape index (κ2) is 4.06. The van der Waals surface area contributed by atoms with E-state index in [1.165, 1.54) is 4.68 Å². The van der Waals surface area contributed by atoms with Crippen LogP contribution in [0.2, 0.25) is 0 Å². The van der Waals surface area contributed by atoms with Gasteiger partial charge in [-0.25, -0.2) is 0 Å². The van der Waals surface area contributed by atoms with Gasteiger partial charge in [-0.05, 0) is 20.3 Å². The quantitative estimate of drug-likeness (QED) is 0.656. The molecule has 0 aliphatic carbocycles. The maximum absolute atomic E-state index is 11.6. The van der Waals surface area contributed by atoms with Crippen molar-refractivity contribution in [2.75, 3.05) is 6.44 Å². The van der Waals surface area contributed by atoms with Crippen molar-refractivity contribution in [3.05, 3.63) is 17.5 Å². The van der Waals surface area contributed by atoms with Crippen molar-refractivity contribution in [3.8, 4) is 0 Å². The highest BCUT2D eigenvalue weighted by Crippen LogP contribution is 2.21. The summed E-state index contributed by atoms with van der Waals surface area (Å²) in [6, 6.07) is 0. The third kappa shape index (κ3) is 2.59. The van der Waals surface area contributed by atoms with Crippen LogP contribution in [0.25, 0.3) is 0 Å². The summed E-state index contributed by atoms with van der Waals surface area (Å²) in [5.41, 5.74) is -0.464. The Labute approximate surface area is 89.9 Å². The predicted octanol–water partition coefficient (Wildman–Crippen LogP) is -0.497. The Balaban J connectivity index is 3.12. The fourth-order valence-corrected chi connectivity index (χ4v) is 1.29. The maximum Gasteiger partial charge on any atom is 0.254 e. The number of carbonyl (C=O) groups is 1. The number of nitrogens with zero attached hydrogens (tertiary/aromatic N) is 2. The van der Waals surface area contributed by atoms with Crippen LogP contribution in [0.4, 0.5) is 0 Å². The molecule has 1 rings (SSSR count). The van der Waals surface area contributed by atoms with Crippen LogP contribution < -0.4 is 5.32 Å². The fourth-order valence-electron chi connectivity index (χ4n) is 1.29. The van der Waals surface area contributed by atoms with Gasteiger partial charge in [-0.15, -0.1) is 0 Å². The van der Waals surface area contributed by atoms with E-state index in [0.29, 0.717) is 11.3 Å². The molecule has 1 aromatic heterocycles. The number of aryl methyl sites for hydroxylation is 1. The molecule has 2 radical (unpaired) electrons. The Morgan fingerprint density at radius 1 is 1.73 bits per heavy atom. The Bertz CT molecular complexity index is 368. The van der Waals surface area contributed by atoms with Gasteiger partial charge in [0.2, 0.25) is 0 Å². The molecular weight excluding hydrogens is 193 g/mol. The fraction of sp³-hybridized carbons (Fsp3) is 0.556. The normalized spacial score (nSPS) is 11.5. The van der Waals surface area contributed by atoms with Gasteiger partial charge in [-0.2, -0.15) is 5.10 Å². The Hall–Kier alpha value is -1.30. The van der Waals surface area contributed by atoms with Crippen molar-refractivity contribution in [1.82, 2.24) is 15.1 Å². The van der Waals surface area contributed by atoms with Gasteiger partial charge >= 0.3 is 0 Å². The van der Waals surface area contributed by atoms with Crippen LogP contribution in [-0.4, -0.2) is 35.1 Å². The first-order chi connectivity index (χ1) is 6.86. The van der Waals surface area contributed by atoms with Gasteiger partial charge in [-0.3, -0.25) is 9.48 Å². The van der Waals surface area contributed by atoms with Gasteiger partial charge in [-0.1, -0.05) is 0 Å². The van der Waals surface area contributed by atoms with Crippen LogP contribution in [0, 0.1) is 0 Å². The molecule has 0 bridgehead atoms. The van der Waals surface area contributed by atoms with Crippen LogP contribution in [0.5, 0.6) is 0 Å². The molecule has 1 aromatic rings. The summed E-state index contributed by atoms with van der Waals surface area (Å²) in [7, 11) is 6.90. The Morgan fingerprint density at radius 3 is 2.80 bits per heavy atom. The molecule has 2 N–H and O–H groups in total. The molecule has 0 aromatic carbocycles. The van der Waals surface area contributed by atoms with Gasteiger partial charge in [0, 0.05) is 13.2 Å². The minimum absolute atomic E-state index is 0.0546. The molecule has 1 heterocycles. The maximum atomic E-state index is 11.6. The molecule has 6 heteroatoms. The highest BCUT2D eigenvalue weighted by atomic mass is 16.3. The molecule has 5 nitrogen and oxygen atoms in total. The number of aromatic nitrogens is 2. The van der Waals surface area contributed by atoms with Crippen LogP contribution in [-0.2, 0) is 12.6 Å². The lowest BCUT2D eigenvalue weighted by Crippen LogP contribution is -2.28. The molecule has 80 valence electrons. The van der Waals surface area contributed by atoms with E-state index in [4.69, 9.17) is 7.85 Å². The van der Waals surface area contributed by atoms with E-state index in [0.717, 1.165) is 0 Å². The van der Waals surface area contributed by atoms with E-state index < -0.39 is 5.60 Å². The summed E-state index contributed by atoms with van der Waals surface area (Å²) < 4.78 is 1.48. The SMILES string of the molecule is [B]CNC(=O)c1cn(C)nc1C(C)(C)O. The number of amides is 1. The van der Waals surface area contributed by atoms with E-state index in [1.807, 2.05) is 0 Å². The second-order valence-corrected chi connectivity index (χ2v) is 3.83. The van der Waals surface area contributed by atoms with Gasteiger partial charge in [0.05, 0.1) is 13.4 Å². The molecule has 15 heavy (non-hydrogen) atoms. The van der Waals surface area contributed by atoms with Crippen molar-refractivity contribution in [2.24, 2.45) is 7.05 Å². The highest BCUT2D eigenvalue weighted by molar-refractivity contribution is 6.11. The molecule has 0 atom stereocenters. The number of aliphatic hydroxyl groups is 1. The highest BCUT2D eigenvalue weighted by Gasteiger charge is 2.26. The largest absolute Gasteiger partial charge is 0.384 e. The van der Waals surface area contributed by atoms with Crippen molar-refractivity contribution in [2.45, 2.75) is 19.4 Å². The molecule has 0 fully saturated rings. The first-order valence-electron chi connectivity index (χ1n) is 4.61. The minimum atomic E-state index is -1.15. The summed E-state index contributed by atoms with van der Waals surface area (Å²) in [5, 5.41) is 16.3. The first-order valence-corrected chi connectivity index (χ1v) is 4.61. The molecular formula is C9H14BN3O2. The lowest BCUT2D eigenvalue weighted by Gasteiger charge is -2.15. The number of nitrogens with one attached hydrogen (secondary N) is 1. The molecule has 0 aliphatic heterocycles.